The molecule has 0 aromatic carbocycles. The topological polar surface area (TPSA) is 28.5 Å². The lowest BCUT2D eigenvalue weighted by Gasteiger charge is -2.34. The molecule has 0 amide bonds. The number of aromatic nitrogens is 1. The minimum Gasteiger partial charge on any atom is -0.319 e. The van der Waals surface area contributed by atoms with E-state index in [-0.39, 0.29) is 5.56 Å². The molecule has 1 aliphatic carbocycles. The molecule has 1 aliphatic heterocycles. The van der Waals surface area contributed by atoms with Crippen LogP contribution in [-0.2, 0) is 13.6 Å². The maximum atomic E-state index is 11.6. The predicted molar refractivity (Wildman–Crippen MR) is 76.1 cm³/mol. The largest absolute Gasteiger partial charge is 0.319 e. The van der Waals surface area contributed by atoms with Crippen LogP contribution in [0.1, 0.15) is 18.4 Å². The molecule has 19 heavy (non-hydrogen) atoms. The van der Waals surface area contributed by atoms with Crippen LogP contribution in [0.4, 0.5) is 0 Å². The zero-order chi connectivity index (χ0) is 13.2. The van der Waals surface area contributed by atoms with Crippen LogP contribution in [-0.4, -0.2) is 47.1 Å². The van der Waals surface area contributed by atoms with E-state index < -0.39 is 0 Å². The second kappa shape index (κ2) is 5.47. The molecular weight excluding hydrogens is 238 g/mol. The van der Waals surface area contributed by atoms with Crippen molar-refractivity contribution in [2.45, 2.75) is 19.4 Å². The van der Waals surface area contributed by atoms with Crippen molar-refractivity contribution < 1.29 is 0 Å². The maximum Gasteiger partial charge on any atom is 0.250 e. The van der Waals surface area contributed by atoms with Gasteiger partial charge in [-0.1, -0.05) is 0 Å². The molecule has 0 unspecified atom stereocenters. The van der Waals surface area contributed by atoms with Crippen molar-refractivity contribution in [2.24, 2.45) is 13.0 Å². The number of piperazine rings is 1. The second-order valence-electron chi connectivity index (χ2n) is 6.00. The third-order valence-electron chi connectivity index (χ3n) is 4.25. The van der Waals surface area contributed by atoms with Crippen LogP contribution in [0.2, 0.25) is 0 Å². The van der Waals surface area contributed by atoms with E-state index >= 15 is 0 Å². The summed E-state index contributed by atoms with van der Waals surface area (Å²) in [6.07, 6.45) is 4.74. The summed E-state index contributed by atoms with van der Waals surface area (Å²) in [7, 11) is 1.79. The molecule has 1 saturated carbocycles. The summed E-state index contributed by atoms with van der Waals surface area (Å²) in [5.41, 5.74) is 1.23. The first-order valence-electron chi connectivity index (χ1n) is 7.31. The normalized spacial score (nSPS) is 21.7. The van der Waals surface area contributed by atoms with Crippen LogP contribution in [0.15, 0.2) is 23.1 Å². The first kappa shape index (κ1) is 12.9. The molecule has 0 N–H and O–H groups in total. The summed E-state index contributed by atoms with van der Waals surface area (Å²) in [4.78, 5) is 16.6. The average molecular weight is 261 g/mol. The van der Waals surface area contributed by atoms with E-state index in [1.54, 1.807) is 17.7 Å². The third kappa shape index (κ3) is 3.45. The Hall–Kier alpha value is -1.13. The molecule has 1 saturated heterocycles. The van der Waals surface area contributed by atoms with E-state index in [1.165, 1.54) is 32.5 Å². The quantitative estimate of drug-likeness (QED) is 0.806. The zero-order valence-electron chi connectivity index (χ0n) is 11.7. The van der Waals surface area contributed by atoms with Gasteiger partial charge < -0.3 is 9.47 Å². The van der Waals surface area contributed by atoms with Crippen LogP contribution in [0, 0.1) is 5.92 Å². The van der Waals surface area contributed by atoms with Crippen LogP contribution in [0.25, 0.3) is 0 Å². The molecule has 4 nitrogen and oxygen atoms in total. The Morgan fingerprint density at radius 3 is 2.47 bits per heavy atom. The van der Waals surface area contributed by atoms with Crippen molar-refractivity contribution in [1.82, 2.24) is 14.4 Å². The molecule has 3 rings (SSSR count). The minimum absolute atomic E-state index is 0.0878. The fourth-order valence-electron chi connectivity index (χ4n) is 2.74. The molecule has 2 aliphatic rings. The van der Waals surface area contributed by atoms with Gasteiger partial charge >= 0.3 is 0 Å². The number of nitrogens with zero attached hydrogens (tertiary/aromatic N) is 3. The van der Waals surface area contributed by atoms with E-state index in [0.29, 0.717) is 0 Å². The number of hydrogen-bond acceptors (Lipinski definition) is 3. The zero-order valence-corrected chi connectivity index (χ0v) is 11.7. The smallest absolute Gasteiger partial charge is 0.250 e. The van der Waals surface area contributed by atoms with Crippen LogP contribution in [0.3, 0.4) is 0 Å². The Labute approximate surface area is 114 Å². The molecule has 2 fully saturated rings. The molecule has 0 radical (unpaired) electrons. The lowest BCUT2D eigenvalue weighted by atomic mass is 10.2. The summed E-state index contributed by atoms with van der Waals surface area (Å²) in [6, 6.07) is 3.81. The Morgan fingerprint density at radius 2 is 1.84 bits per heavy atom. The van der Waals surface area contributed by atoms with Gasteiger partial charge in [-0.25, -0.2) is 0 Å². The van der Waals surface area contributed by atoms with Crippen LogP contribution in [0.5, 0.6) is 0 Å². The van der Waals surface area contributed by atoms with Gasteiger partial charge in [-0.3, -0.25) is 9.69 Å². The molecule has 1 aromatic rings. The Kier molecular flexibility index (Phi) is 3.71. The van der Waals surface area contributed by atoms with Crippen LogP contribution >= 0.6 is 0 Å². The monoisotopic (exact) mass is 261 g/mol. The summed E-state index contributed by atoms with van der Waals surface area (Å²) in [5.74, 6) is 0.990. The molecule has 0 spiro atoms. The highest BCUT2D eigenvalue weighted by Gasteiger charge is 2.26. The third-order valence-corrected chi connectivity index (χ3v) is 4.25. The summed E-state index contributed by atoms with van der Waals surface area (Å²) >= 11 is 0. The Balaban J connectivity index is 1.50. The van der Waals surface area contributed by atoms with Crippen molar-refractivity contribution in [1.29, 1.82) is 0 Å². The van der Waals surface area contributed by atoms with Gasteiger partial charge in [0.2, 0.25) is 0 Å². The molecule has 104 valence electrons. The van der Waals surface area contributed by atoms with Gasteiger partial charge in [0.05, 0.1) is 0 Å². The second-order valence-corrected chi connectivity index (χ2v) is 6.00. The summed E-state index contributed by atoms with van der Waals surface area (Å²) in [5, 5.41) is 0. The lowest BCUT2D eigenvalue weighted by molar-refractivity contribution is 0.123. The number of aryl methyl sites for hydroxylation is 1. The van der Waals surface area contributed by atoms with Gasteiger partial charge in [-0.05, 0) is 30.4 Å². The fraction of sp³-hybridized carbons (Fsp3) is 0.667. The van der Waals surface area contributed by atoms with Crippen molar-refractivity contribution >= 4 is 0 Å². The Morgan fingerprint density at radius 1 is 1.16 bits per heavy atom. The summed E-state index contributed by atoms with van der Waals surface area (Å²) < 4.78 is 1.62. The van der Waals surface area contributed by atoms with Gasteiger partial charge in [0.15, 0.2) is 0 Å². The van der Waals surface area contributed by atoms with Gasteiger partial charge in [-0.2, -0.15) is 0 Å². The van der Waals surface area contributed by atoms with Crippen LogP contribution < -0.4 is 5.56 Å². The highest BCUT2D eigenvalue weighted by atomic mass is 16.1. The number of pyridine rings is 1. The van der Waals surface area contributed by atoms with Gasteiger partial charge in [0.25, 0.3) is 5.56 Å². The fourth-order valence-corrected chi connectivity index (χ4v) is 2.74. The van der Waals surface area contributed by atoms with Gasteiger partial charge in [-0.15, -0.1) is 0 Å². The first-order chi connectivity index (χ1) is 9.20. The van der Waals surface area contributed by atoms with Crippen molar-refractivity contribution in [3.05, 3.63) is 34.2 Å². The van der Waals surface area contributed by atoms with Crippen molar-refractivity contribution in [3.8, 4) is 0 Å². The molecule has 0 bridgehead atoms. The van der Waals surface area contributed by atoms with Crippen molar-refractivity contribution in [3.63, 3.8) is 0 Å². The SMILES string of the molecule is Cn1ccc(CN2CCN(CC3CC3)CC2)cc1=O. The minimum atomic E-state index is 0.0878. The molecule has 1 aromatic heterocycles. The van der Waals surface area contributed by atoms with E-state index in [0.717, 1.165) is 31.1 Å². The van der Waals surface area contributed by atoms with Gasteiger partial charge in [0, 0.05) is 58.6 Å². The first-order valence-corrected chi connectivity index (χ1v) is 7.31. The molecule has 2 heterocycles. The molecule has 4 heteroatoms. The predicted octanol–water partition coefficient (Wildman–Crippen LogP) is 0.913. The highest BCUT2D eigenvalue weighted by Crippen LogP contribution is 2.29. The molecule has 0 atom stereocenters. The summed E-state index contributed by atoms with van der Waals surface area (Å²) in [6.45, 7) is 6.83. The van der Waals surface area contributed by atoms with E-state index in [9.17, 15) is 4.79 Å². The van der Waals surface area contributed by atoms with Crippen molar-refractivity contribution in [2.75, 3.05) is 32.7 Å². The molecular formula is C15H23N3O. The van der Waals surface area contributed by atoms with Gasteiger partial charge in [0.1, 0.15) is 0 Å². The van der Waals surface area contributed by atoms with E-state index in [2.05, 4.69) is 15.9 Å². The lowest BCUT2D eigenvalue weighted by Crippen LogP contribution is -2.46. The van der Waals surface area contributed by atoms with E-state index in [1.807, 2.05) is 6.20 Å². The number of hydrogen-bond donors (Lipinski definition) is 0. The highest BCUT2D eigenvalue weighted by molar-refractivity contribution is 5.10. The number of rotatable bonds is 4. The maximum absolute atomic E-state index is 11.6. The van der Waals surface area contributed by atoms with E-state index in [4.69, 9.17) is 0 Å². The standard InChI is InChI=1S/C15H23N3O/c1-16-5-4-14(10-15(16)19)12-18-8-6-17(7-9-18)11-13-2-3-13/h4-5,10,13H,2-3,6-9,11-12H2,1H3. The average Bonchev–Trinajstić information content (AvgIpc) is 3.20. The Bertz CT molecular complexity index is 484.